The number of pyridine rings is 1. The fourth-order valence-corrected chi connectivity index (χ4v) is 7.77. The monoisotopic (exact) mass is 831 g/mol. The molecule has 0 spiro atoms. The number of methoxy groups -OCH3 is 2. The van der Waals surface area contributed by atoms with Crippen LogP contribution >= 0.6 is 0 Å². The maximum absolute atomic E-state index is 13.5. The molecule has 3 aliphatic heterocycles. The molecule has 0 aliphatic carbocycles. The molecular formula is C41H49N7O12. The topological polar surface area (TPSA) is 227 Å². The number of amides is 6. The van der Waals surface area contributed by atoms with Crippen molar-refractivity contribution in [3.8, 4) is 22.6 Å². The fourth-order valence-electron chi connectivity index (χ4n) is 7.77. The first-order valence-corrected chi connectivity index (χ1v) is 19.4. The van der Waals surface area contributed by atoms with E-state index in [1.165, 1.54) is 29.8 Å². The van der Waals surface area contributed by atoms with E-state index < -0.39 is 47.7 Å². The molecule has 6 amide bonds. The van der Waals surface area contributed by atoms with Crippen LogP contribution in [0.5, 0.6) is 11.5 Å². The lowest BCUT2D eigenvalue weighted by Crippen LogP contribution is -2.54. The number of imide groups is 2. The first-order chi connectivity index (χ1) is 28.8. The van der Waals surface area contributed by atoms with Gasteiger partial charge in [-0.25, -0.2) is 9.59 Å². The summed E-state index contributed by atoms with van der Waals surface area (Å²) in [6.07, 6.45) is 1.80. The van der Waals surface area contributed by atoms with Crippen molar-refractivity contribution in [2.75, 3.05) is 79.7 Å². The number of benzene rings is 2. The second kappa shape index (κ2) is 18.7. The van der Waals surface area contributed by atoms with Gasteiger partial charge < -0.3 is 49.1 Å². The number of aromatic nitrogens is 1. The fraction of sp³-hybridized carbons (Fsp3) is 0.439. The summed E-state index contributed by atoms with van der Waals surface area (Å²) in [4.78, 5) is 94.2. The molecule has 2 aromatic carbocycles. The Bertz CT molecular complexity index is 2230. The van der Waals surface area contributed by atoms with Crippen LogP contribution in [0.4, 0.5) is 10.5 Å². The van der Waals surface area contributed by atoms with E-state index in [-0.39, 0.29) is 87.6 Å². The number of carboxylic acid groups (broad SMARTS) is 1. The zero-order chi connectivity index (χ0) is 43.2. The molecule has 0 bridgehead atoms. The largest absolute Gasteiger partial charge is 0.496 e. The van der Waals surface area contributed by atoms with Crippen molar-refractivity contribution in [2.45, 2.75) is 37.9 Å². The van der Waals surface area contributed by atoms with Crippen molar-refractivity contribution in [1.29, 1.82) is 0 Å². The maximum atomic E-state index is 13.5. The number of aryl methyl sites for hydroxylation is 1. The highest BCUT2D eigenvalue weighted by Gasteiger charge is 2.46. The normalized spacial score (nSPS) is 17.4. The third-order valence-corrected chi connectivity index (χ3v) is 10.5. The molecule has 2 atom stereocenters. The zero-order valence-corrected chi connectivity index (χ0v) is 34.1. The minimum absolute atomic E-state index is 0.0000103. The van der Waals surface area contributed by atoms with E-state index in [0.717, 1.165) is 10.5 Å². The summed E-state index contributed by atoms with van der Waals surface area (Å²) < 4.78 is 24.1. The highest BCUT2D eigenvalue weighted by atomic mass is 16.5. The molecule has 4 N–H and O–H groups in total. The van der Waals surface area contributed by atoms with Crippen molar-refractivity contribution in [3.63, 3.8) is 0 Å². The molecule has 320 valence electrons. The first kappa shape index (κ1) is 43.3. The number of hydrogen-bond acceptors (Lipinski definition) is 13. The van der Waals surface area contributed by atoms with Gasteiger partial charge in [0.15, 0.2) is 6.04 Å². The van der Waals surface area contributed by atoms with Crippen LogP contribution in [0.1, 0.15) is 56.3 Å². The zero-order valence-electron chi connectivity index (χ0n) is 34.1. The first-order valence-electron chi connectivity index (χ1n) is 19.4. The van der Waals surface area contributed by atoms with Crippen LogP contribution in [0.15, 0.2) is 41.3 Å². The Kier molecular flexibility index (Phi) is 13.5. The summed E-state index contributed by atoms with van der Waals surface area (Å²) in [6, 6.07) is 5.19. The number of aliphatic carboxylic acids is 1. The second-order valence-electron chi connectivity index (χ2n) is 14.7. The minimum Gasteiger partial charge on any atom is -0.496 e. The summed E-state index contributed by atoms with van der Waals surface area (Å²) in [7, 11) is 8.49. The number of rotatable bonds is 17. The summed E-state index contributed by atoms with van der Waals surface area (Å²) in [5.41, 5.74) is 2.73. The lowest BCUT2D eigenvalue weighted by atomic mass is 9.87. The van der Waals surface area contributed by atoms with Gasteiger partial charge >= 0.3 is 12.0 Å². The Morgan fingerprint density at radius 2 is 1.60 bits per heavy atom. The number of carbonyl (C=O) groups excluding carboxylic acids is 5. The second-order valence-corrected chi connectivity index (χ2v) is 14.7. The number of nitrogens with one attached hydrogen (secondary N) is 3. The van der Waals surface area contributed by atoms with E-state index in [9.17, 15) is 38.7 Å². The Balaban J connectivity index is 1.00. The van der Waals surface area contributed by atoms with Crippen LogP contribution < -0.4 is 31.0 Å². The van der Waals surface area contributed by atoms with Gasteiger partial charge in [-0.15, -0.1) is 0 Å². The lowest BCUT2D eigenvalue weighted by molar-refractivity contribution is -0.143. The predicted octanol–water partition coefficient (Wildman–Crippen LogP) is 1.37. The van der Waals surface area contributed by atoms with Crippen LogP contribution in [-0.4, -0.2) is 140 Å². The summed E-state index contributed by atoms with van der Waals surface area (Å²) in [5.74, 6) is -2.59. The molecule has 0 radical (unpaired) electrons. The molecule has 3 aromatic rings. The molecule has 4 heterocycles. The predicted molar refractivity (Wildman–Crippen MR) is 215 cm³/mol. The SMILES string of the molecule is COc1cc(-c2cn(C)c(=O)c3c2C(C(=O)O)N(C(=O)NCCOCCOCCNc2cccc4c2C(=O)N(C2CCC(=O)NC2=O)C4=O)CC3)cc(OC)c1CN(C)C. The highest BCUT2D eigenvalue weighted by Crippen LogP contribution is 2.41. The van der Waals surface area contributed by atoms with E-state index in [1.807, 2.05) is 19.0 Å². The number of fused-ring (bicyclic) bond motifs is 2. The number of nitrogens with zero attached hydrogens (tertiary/aromatic N) is 4. The van der Waals surface area contributed by atoms with Gasteiger partial charge in [0.1, 0.15) is 17.5 Å². The molecule has 6 rings (SSSR count). The number of urea groups is 1. The van der Waals surface area contributed by atoms with Crippen LogP contribution in [-0.2, 0) is 43.9 Å². The average Bonchev–Trinajstić information content (AvgIpc) is 3.47. The smallest absolute Gasteiger partial charge is 0.331 e. The van der Waals surface area contributed by atoms with Gasteiger partial charge in [-0.2, -0.15) is 0 Å². The quantitative estimate of drug-likeness (QED) is 0.111. The molecule has 1 aromatic heterocycles. The van der Waals surface area contributed by atoms with E-state index in [4.69, 9.17) is 18.9 Å². The molecule has 1 fully saturated rings. The Morgan fingerprint density at radius 3 is 2.23 bits per heavy atom. The molecule has 3 aliphatic rings. The number of ether oxygens (including phenoxy) is 4. The Labute approximate surface area is 345 Å². The molecule has 60 heavy (non-hydrogen) atoms. The van der Waals surface area contributed by atoms with Crippen molar-refractivity contribution in [3.05, 3.63) is 74.7 Å². The molecule has 0 saturated carbocycles. The summed E-state index contributed by atoms with van der Waals surface area (Å²) >= 11 is 0. The Hall–Kier alpha value is -6.31. The van der Waals surface area contributed by atoms with Gasteiger partial charge in [0, 0.05) is 68.2 Å². The third kappa shape index (κ3) is 8.82. The molecule has 19 heteroatoms. The van der Waals surface area contributed by atoms with E-state index >= 15 is 0 Å². The molecular weight excluding hydrogens is 782 g/mol. The van der Waals surface area contributed by atoms with Crippen molar-refractivity contribution < 1.29 is 52.8 Å². The summed E-state index contributed by atoms with van der Waals surface area (Å²) in [6.45, 7) is 1.59. The lowest BCUT2D eigenvalue weighted by Gasteiger charge is -2.36. The number of anilines is 1. The van der Waals surface area contributed by atoms with Crippen LogP contribution in [0.25, 0.3) is 11.1 Å². The molecule has 2 unspecified atom stereocenters. The van der Waals surface area contributed by atoms with Gasteiger partial charge in [0.25, 0.3) is 17.4 Å². The number of hydrogen-bond donors (Lipinski definition) is 4. The standard InChI is InChI=1S/C41H49N7O12/c1-45(2)21-27-30(57-4)19-23(20-31(27)58-5)26-22-46(3)37(51)25-11-14-47(35(33(25)26)40(54)55)41(56)43-13-16-60-18-17-59-15-12-42-28-8-6-7-24-34(28)39(53)48(38(24)52)29-9-10-32(49)44-36(29)50/h6-8,19-20,22,29,35,42H,9-18,21H2,1-5H3,(H,43,56)(H,54,55)(H,44,49,50). The minimum atomic E-state index is -1.46. The molecule has 19 nitrogen and oxygen atoms in total. The van der Waals surface area contributed by atoms with E-state index in [2.05, 4.69) is 16.0 Å². The summed E-state index contributed by atoms with van der Waals surface area (Å²) in [5, 5.41) is 18.5. The van der Waals surface area contributed by atoms with Crippen LogP contribution in [0.3, 0.4) is 0 Å². The highest BCUT2D eigenvalue weighted by molar-refractivity contribution is 6.25. The van der Waals surface area contributed by atoms with Gasteiger partial charge in [-0.1, -0.05) is 6.07 Å². The number of carboxylic acids is 1. The van der Waals surface area contributed by atoms with Gasteiger partial charge in [-0.3, -0.25) is 34.2 Å². The van der Waals surface area contributed by atoms with Crippen molar-refractivity contribution in [2.24, 2.45) is 7.05 Å². The van der Waals surface area contributed by atoms with Crippen LogP contribution in [0, 0.1) is 0 Å². The average molecular weight is 832 g/mol. The molecule has 1 saturated heterocycles. The number of piperidine rings is 1. The van der Waals surface area contributed by atoms with E-state index in [0.29, 0.717) is 40.4 Å². The van der Waals surface area contributed by atoms with Crippen molar-refractivity contribution in [1.82, 2.24) is 29.9 Å². The van der Waals surface area contributed by atoms with Crippen LogP contribution in [0.2, 0.25) is 0 Å². The van der Waals surface area contributed by atoms with E-state index in [1.54, 1.807) is 37.5 Å². The van der Waals surface area contributed by atoms with Gasteiger partial charge in [0.05, 0.1) is 57.3 Å². The Morgan fingerprint density at radius 1 is 0.917 bits per heavy atom. The van der Waals surface area contributed by atoms with Gasteiger partial charge in [0.2, 0.25) is 11.8 Å². The van der Waals surface area contributed by atoms with Gasteiger partial charge in [-0.05, 0) is 56.8 Å². The number of carbonyl (C=O) groups is 6. The third-order valence-electron chi connectivity index (χ3n) is 10.5. The maximum Gasteiger partial charge on any atom is 0.331 e. The van der Waals surface area contributed by atoms with Crippen molar-refractivity contribution >= 4 is 41.3 Å².